The van der Waals surface area contributed by atoms with Gasteiger partial charge in [-0.1, -0.05) is 13.8 Å². The molecule has 5 nitrogen and oxygen atoms in total. The Balaban J connectivity index is 2.03. The van der Waals surface area contributed by atoms with Crippen LogP contribution < -0.4 is 10.6 Å². The number of carboxylic acid groups (broad SMARTS) is 1. The quantitative estimate of drug-likeness (QED) is 0.560. The van der Waals surface area contributed by atoms with Crippen LogP contribution in [0.25, 0.3) is 0 Å². The topological polar surface area (TPSA) is 78.4 Å². The first-order chi connectivity index (χ1) is 8.89. The highest BCUT2D eigenvalue weighted by molar-refractivity contribution is 5.77. The van der Waals surface area contributed by atoms with Crippen molar-refractivity contribution in [1.29, 1.82) is 0 Å². The summed E-state index contributed by atoms with van der Waals surface area (Å²) >= 11 is 0. The second-order valence-electron chi connectivity index (χ2n) is 6.23. The largest absolute Gasteiger partial charge is 0.481 e. The normalized spacial score (nSPS) is 15.3. The maximum Gasteiger partial charge on any atom is 0.303 e. The number of hydrogen-bond acceptors (Lipinski definition) is 3. The Kier molecular flexibility index (Phi) is 6.28. The number of aliphatic carboxylic acids is 1. The second-order valence-corrected chi connectivity index (χ2v) is 6.23. The highest BCUT2D eigenvalue weighted by Gasteiger charge is 2.21. The average molecular weight is 270 g/mol. The summed E-state index contributed by atoms with van der Waals surface area (Å²) in [6.07, 6.45) is 4.19. The third kappa shape index (κ3) is 8.59. The number of carbonyl (C=O) groups excluding carboxylic acids is 1. The van der Waals surface area contributed by atoms with Crippen molar-refractivity contribution in [2.75, 3.05) is 19.6 Å². The third-order valence-corrected chi connectivity index (χ3v) is 3.56. The third-order valence-electron chi connectivity index (χ3n) is 3.56. The SMILES string of the molecule is CC(C)(CCNC(=O)CNCC1CC1)CCC(=O)O. The standard InChI is InChI=1S/C14H26N2O3/c1-14(2,6-5-13(18)19)7-8-16-12(17)10-15-9-11-3-4-11/h11,15H,3-10H2,1-2H3,(H,16,17)(H,18,19). The Morgan fingerprint density at radius 3 is 2.53 bits per heavy atom. The van der Waals surface area contributed by atoms with Gasteiger partial charge in [-0.2, -0.15) is 0 Å². The van der Waals surface area contributed by atoms with Crippen molar-refractivity contribution in [2.45, 2.75) is 46.0 Å². The molecule has 5 heteroatoms. The first-order valence-electron chi connectivity index (χ1n) is 7.08. The van der Waals surface area contributed by atoms with E-state index in [0.717, 1.165) is 18.9 Å². The molecule has 3 N–H and O–H groups in total. The number of rotatable bonds is 10. The molecule has 0 atom stereocenters. The fourth-order valence-corrected chi connectivity index (χ4v) is 1.88. The molecule has 0 radical (unpaired) electrons. The van der Waals surface area contributed by atoms with Gasteiger partial charge in [0.2, 0.25) is 5.91 Å². The monoisotopic (exact) mass is 270 g/mol. The van der Waals surface area contributed by atoms with Gasteiger partial charge < -0.3 is 15.7 Å². The van der Waals surface area contributed by atoms with Gasteiger partial charge in [0.25, 0.3) is 0 Å². The van der Waals surface area contributed by atoms with Crippen molar-refractivity contribution >= 4 is 11.9 Å². The summed E-state index contributed by atoms with van der Waals surface area (Å²) in [5.41, 5.74) is -0.0485. The van der Waals surface area contributed by atoms with Gasteiger partial charge in [0.1, 0.15) is 0 Å². The molecular formula is C14H26N2O3. The minimum atomic E-state index is -0.763. The van der Waals surface area contributed by atoms with Crippen LogP contribution in [0.4, 0.5) is 0 Å². The maximum atomic E-state index is 11.5. The van der Waals surface area contributed by atoms with Crippen LogP contribution in [0.2, 0.25) is 0 Å². The van der Waals surface area contributed by atoms with E-state index in [9.17, 15) is 9.59 Å². The molecule has 0 spiro atoms. The summed E-state index contributed by atoms with van der Waals surface area (Å²) in [6.45, 7) is 6.00. The summed E-state index contributed by atoms with van der Waals surface area (Å²) < 4.78 is 0. The predicted octanol–water partition coefficient (Wildman–Crippen LogP) is 1.38. The Bertz CT molecular complexity index is 312. The van der Waals surface area contributed by atoms with Crippen molar-refractivity contribution < 1.29 is 14.7 Å². The van der Waals surface area contributed by atoms with E-state index in [0.29, 0.717) is 19.5 Å². The Morgan fingerprint density at radius 2 is 1.95 bits per heavy atom. The van der Waals surface area contributed by atoms with Gasteiger partial charge >= 0.3 is 5.97 Å². The first-order valence-corrected chi connectivity index (χ1v) is 7.08. The second kappa shape index (κ2) is 7.48. The number of carbonyl (C=O) groups is 2. The minimum Gasteiger partial charge on any atom is -0.481 e. The van der Waals surface area contributed by atoms with E-state index in [2.05, 4.69) is 10.6 Å². The van der Waals surface area contributed by atoms with Crippen molar-refractivity contribution in [3.05, 3.63) is 0 Å². The molecule has 1 aliphatic carbocycles. The molecule has 0 aromatic heterocycles. The number of carboxylic acids is 1. The van der Waals surface area contributed by atoms with E-state index < -0.39 is 5.97 Å². The average Bonchev–Trinajstić information content (AvgIpc) is 3.10. The fraction of sp³-hybridized carbons (Fsp3) is 0.857. The fourth-order valence-electron chi connectivity index (χ4n) is 1.88. The van der Waals surface area contributed by atoms with E-state index in [1.807, 2.05) is 13.8 Å². The summed E-state index contributed by atoms with van der Waals surface area (Å²) in [6, 6.07) is 0. The summed E-state index contributed by atoms with van der Waals surface area (Å²) in [4.78, 5) is 22.1. The zero-order valence-electron chi connectivity index (χ0n) is 12.0. The van der Waals surface area contributed by atoms with Gasteiger partial charge in [-0.05, 0) is 43.6 Å². The highest BCUT2D eigenvalue weighted by atomic mass is 16.4. The van der Waals surface area contributed by atoms with Crippen LogP contribution in [0, 0.1) is 11.3 Å². The first kappa shape index (κ1) is 16.0. The maximum absolute atomic E-state index is 11.5. The zero-order valence-corrected chi connectivity index (χ0v) is 12.0. The molecule has 19 heavy (non-hydrogen) atoms. The van der Waals surface area contributed by atoms with Crippen LogP contribution >= 0.6 is 0 Å². The van der Waals surface area contributed by atoms with Gasteiger partial charge in [-0.15, -0.1) is 0 Å². The molecule has 1 saturated carbocycles. The molecular weight excluding hydrogens is 244 g/mol. The van der Waals surface area contributed by atoms with Gasteiger partial charge in [-0.3, -0.25) is 9.59 Å². The molecule has 0 unspecified atom stereocenters. The molecule has 0 heterocycles. The van der Waals surface area contributed by atoms with Gasteiger partial charge in [-0.25, -0.2) is 0 Å². The van der Waals surface area contributed by atoms with Crippen LogP contribution in [-0.4, -0.2) is 36.6 Å². The lowest BCUT2D eigenvalue weighted by atomic mass is 9.84. The van der Waals surface area contributed by atoms with E-state index in [1.165, 1.54) is 12.8 Å². The molecule has 0 aromatic carbocycles. The minimum absolute atomic E-state index is 0.0229. The summed E-state index contributed by atoms with van der Waals surface area (Å²) in [5.74, 6) is 0.0406. The van der Waals surface area contributed by atoms with E-state index in [-0.39, 0.29) is 17.7 Å². The molecule has 1 fully saturated rings. The van der Waals surface area contributed by atoms with Crippen LogP contribution in [0.1, 0.15) is 46.0 Å². The molecule has 1 aliphatic rings. The molecule has 110 valence electrons. The number of amides is 1. The van der Waals surface area contributed by atoms with Gasteiger partial charge in [0.05, 0.1) is 6.54 Å². The van der Waals surface area contributed by atoms with E-state index >= 15 is 0 Å². The van der Waals surface area contributed by atoms with Crippen molar-refractivity contribution in [2.24, 2.45) is 11.3 Å². The number of nitrogens with one attached hydrogen (secondary N) is 2. The summed E-state index contributed by atoms with van der Waals surface area (Å²) in [7, 11) is 0. The van der Waals surface area contributed by atoms with Gasteiger partial charge in [0, 0.05) is 13.0 Å². The molecule has 0 aromatic rings. The predicted molar refractivity (Wildman–Crippen MR) is 73.9 cm³/mol. The zero-order chi connectivity index (χ0) is 14.3. The van der Waals surface area contributed by atoms with Crippen LogP contribution in [0.15, 0.2) is 0 Å². The molecule has 0 saturated heterocycles. The lowest BCUT2D eigenvalue weighted by Gasteiger charge is -2.23. The van der Waals surface area contributed by atoms with Crippen molar-refractivity contribution in [1.82, 2.24) is 10.6 Å². The molecule has 1 amide bonds. The van der Waals surface area contributed by atoms with E-state index in [1.54, 1.807) is 0 Å². The highest BCUT2D eigenvalue weighted by Crippen LogP contribution is 2.27. The Labute approximate surface area is 115 Å². The van der Waals surface area contributed by atoms with E-state index in [4.69, 9.17) is 5.11 Å². The van der Waals surface area contributed by atoms with Crippen LogP contribution in [-0.2, 0) is 9.59 Å². The molecule has 0 bridgehead atoms. The van der Waals surface area contributed by atoms with Crippen LogP contribution in [0.5, 0.6) is 0 Å². The number of hydrogen-bond donors (Lipinski definition) is 3. The van der Waals surface area contributed by atoms with Gasteiger partial charge in [0.15, 0.2) is 0 Å². The summed E-state index contributed by atoms with van der Waals surface area (Å²) in [5, 5.41) is 14.7. The molecule has 1 rings (SSSR count). The lowest BCUT2D eigenvalue weighted by Crippen LogP contribution is -2.36. The van der Waals surface area contributed by atoms with Crippen LogP contribution in [0.3, 0.4) is 0 Å². The Hall–Kier alpha value is -1.10. The Morgan fingerprint density at radius 1 is 1.26 bits per heavy atom. The van der Waals surface area contributed by atoms with Crippen molar-refractivity contribution in [3.8, 4) is 0 Å². The smallest absolute Gasteiger partial charge is 0.303 e. The lowest BCUT2D eigenvalue weighted by molar-refractivity contribution is -0.137. The molecule has 0 aliphatic heterocycles. The van der Waals surface area contributed by atoms with Crippen molar-refractivity contribution in [3.63, 3.8) is 0 Å².